The molecule has 2 heterocycles. The van der Waals surface area contributed by atoms with Crippen molar-refractivity contribution in [1.82, 2.24) is 20.2 Å². The summed E-state index contributed by atoms with van der Waals surface area (Å²) in [7, 11) is 1.83. The van der Waals surface area contributed by atoms with Gasteiger partial charge < -0.3 is 20.9 Å². The summed E-state index contributed by atoms with van der Waals surface area (Å²) in [5.41, 5.74) is 1.76. The van der Waals surface area contributed by atoms with E-state index in [1.807, 2.05) is 13.2 Å². The first-order valence-corrected chi connectivity index (χ1v) is 9.74. The summed E-state index contributed by atoms with van der Waals surface area (Å²) in [5, 5.41) is 9.35. The topological polar surface area (TPSA) is 82.2 Å². The summed E-state index contributed by atoms with van der Waals surface area (Å²) in [6.45, 7) is 1.48. The minimum Gasteiger partial charge on any atom is -0.370 e. The van der Waals surface area contributed by atoms with Crippen LogP contribution in [0.15, 0.2) is 30.5 Å². The fourth-order valence-electron chi connectivity index (χ4n) is 3.45. The van der Waals surface area contributed by atoms with Crippen LogP contribution in [0.25, 0.3) is 0 Å². The van der Waals surface area contributed by atoms with Crippen molar-refractivity contribution in [3.05, 3.63) is 41.8 Å². The van der Waals surface area contributed by atoms with E-state index >= 15 is 0 Å². The quantitative estimate of drug-likeness (QED) is 0.607. The highest BCUT2D eigenvalue weighted by Crippen LogP contribution is 2.42. The Hall–Kier alpha value is -2.90. The molecule has 2 aliphatic rings. The van der Waals surface area contributed by atoms with Crippen LogP contribution < -0.4 is 16.0 Å². The average Bonchev–Trinajstić information content (AvgIpc) is 3.47. The van der Waals surface area contributed by atoms with Gasteiger partial charge in [0.1, 0.15) is 11.6 Å². The zero-order valence-electron chi connectivity index (χ0n) is 15.9. The van der Waals surface area contributed by atoms with Gasteiger partial charge in [0, 0.05) is 37.6 Å². The molecule has 0 bridgehead atoms. The van der Waals surface area contributed by atoms with Crippen LogP contribution in [-0.2, 0) is 0 Å². The molecular formula is C20H25FN6O. The van der Waals surface area contributed by atoms with Crippen LogP contribution in [0.2, 0.25) is 0 Å². The number of carbonyl (C=O) groups is 1. The van der Waals surface area contributed by atoms with E-state index in [1.54, 1.807) is 17.0 Å². The van der Waals surface area contributed by atoms with E-state index in [0.717, 1.165) is 43.6 Å². The maximum atomic E-state index is 13.4. The predicted octanol–water partition coefficient (Wildman–Crippen LogP) is 3.45. The van der Waals surface area contributed by atoms with Crippen molar-refractivity contribution >= 4 is 23.5 Å². The number of hydrogen-bond acceptors (Lipinski definition) is 5. The highest BCUT2D eigenvalue weighted by atomic mass is 19.1. The van der Waals surface area contributed by atoms with E-state index in [-0.39, 0.29) is 17.9 Å². The Morgan fingerprint density at radius 2 is 2.21 bits per heavy atom. The molecule has 1 unspecified atom stereocenters. The Balaban J connectivity index is 1.38. The molecular weight excluding hydrogens is 359 g/mol. The molecule has 4 rings (SSSR count). The smallest absolute Gasteiger partial charge is 0.317 e. The number of anilines is 3. The normalized spacial score (nSPS) is 18.9. The summed E-state index contributed by atoms with van der Waals surface area (Å²) < 4.78 is 13.4. The predicted molar refractivity (Wildman–Crippen MR) is 106 cm³/mol. The Kier molecular flexibility index (Phi) is 5.27. The number of nitrogens with zero attached hydrogens (tertiary/aromatic N) is 3. The second-order valence-corrected chi connectivity index (χ2v) is 7.43. The summed E-state index contributed by atoms with van der Waals surface area (Å²) in [6.07, 6.45) is 6.05. The van der Waals surface area contributed by atoms with Crippen molar-refractivity contribution in [2.75, 3.05) is 30.8 Å². The monoisotopic (exact) mass is 384 g/mol. The van der Waals surface area contributed by atoms with Crippen molar-refractivity contribution in [2.45, 2.75) is 37.6 Å². The van der Waals surface area contributed by atoms with E-state index in [9.17, 15) is 9.18 Å². The van der Waals surface area contributed by atoms with Gasteiger partial charge in [-0.15, -0.1) is 0 Å². The lowest BCUT2D eigenvalue weighted by Gasteiger charge is -2.18. The molecule has 1 aromatic heterocycles. The van der Waals surface area contributed by atoms with Gasteiger partial charge in [-0.25, -0.2) is 14.2 Å². The fourth-order valence-corrected chi connectivity index (χ4v) is 3.45. The molecule has 2 amide bonds. The standard InChI is InChI=1S/C20H25FN6O/c1-27-16(11-24-20(27)28)6-3-9-22-18-17(13-7-8-13)12-23-19(26-18)25-15-5-2-4-14(21)10-15/h2,4-5,10,12-13,16H,3,6-9,11H2,1H3,(H,24,28)(H2,22,23,25,26). The number of urea groups is 1. The van der Waals surface area contributed by atoms with Gasteiger partial charge in [0.05, 0.1) is 6.04 Å². The third-order valence-corrected chi connectivity index (χ3v) is 5.28. The Bertz CT molecular complexity index is 856. The first kappa shape index (κ1) is 18.5. The largest absolute Gasteiger partial charge is 0.370 e. The molecule has 0 radical (unpaired) electrons. The van der Waals surface area contributed by atoms with Gasteiger partial charge in [-0.2, -0.15) is 4.98 Å². The molecule has 1 aromatic carbocycles. The third kappa shape index (κ3) is 4.32. The van der Waals surface area contributed by atoms with Gasteiger partial charge in [0.15, 0.2) is 0 Å². The molecule has 1 saturated heterocycles. The van der Waals surface area contributed by atoms with Gasteiger partial charge in [-0.1, -0.05) is 6.07 Å². The zero-order chi connectivity index (χ0) is 19.5. The van der Waals surface area contributed by atoms with Crippen LogP contribution >= 0.6 is 0 Å². The summed E-state index contributed by atoms with van der Waals surface area (Å²) in [4.78, 5) is 22.3. The fraction of sp³-hybridized carbons (Fsp3) is 0.450. The number of likely N-dealkylation sites (N-methyl/N-ethyl adjacent to an activating group) is 1. The molecule has 2 aromatic rings. The number of amides is 2. The van der Waals surface area contributed by atoms with Gasteiger partial charge in [0.25, 0.3) is 0 Å². The van der Waals surface area contributed by atoms with E-state index in [2.05, 4.69) is 25.9 Å². The number of halogens is 1. The molecule has 2 fully saturated rings. The molecule has 0 spiro atoms. The van der Waals surface area contributed by atoms with Crippen molar-refractivity contribution in [3.63, 3.8) is 0 Å². The molecule has 1 aliphatic carbocycles. The van der Waals surface area contributed by atoms with Crippen LogP contribution in [0.5, 0.6) is 0 Å². The van der Waals surface area contributed by atoms with E-state index in [4.69, 9.17) is 0 Å². The highest BCUT2D eigenvalue weighted by Gasteiger charge is 2.28. The van der Waals surface area contributed by atoms with Crippen LogP contribution in [-0.4, -0.2) is 47.1 Å². The second kappa shape index (κ2) is 8.00. The average molecular weight is 384 g/mol. The van der Waals surface area contributed by atoms with Crippen molar-refractivity contribution < 1.29 is 9.18 Å². The maximum absolute atomic E-state index is 13.4. The molecule has 3 N–H and O–H groups in total. The molecule has 1 aliphatic heterocycles. The van der Waals surface area contributed by atoms with E-state index in [0.29, 0.717) is 24.1 Å². The lowest BCUT2D eigenvalue weighted by molar-refractivity contribution is 0.214. The SMILES string of the molecule is CN1C(=O)NCC1CCCNc1nc(Nc2cccc(F)c2)ncc1C1CC1. The first-order chi connectivity index (χ1) is 13.6. The van der Waals surface area contributed by atoms with Crippen molar-refractivity contribution in [3.8, 4) is 0 Å². The Morgan fingerprint density at radius 3 is 2.93 bits per heavy atom. The molecule has 1 atom stereocenters. The van der Waals surface area contributed by atoms with E-state index in [1.165, 1.54) is 12.1 Å². The molecule has 148 valence electrons. The Labute approximate surface area is 163 Å². The molecule has 28 heavy (non-hydrogen) atoms. The van der Waals surface area contributed by atoms with Gasteiger partial charge in [-0.3, -0.25) is 0 Å². The van der Waals surface area contributed by atoms with Crippen molar-refractivity contribution in [2.24, 2.45) is 0 Å². The number of benzene rings is 1. The Morgan fingerprint density at radius 1 is 1.36 bits per heavy atom. The van der Waals surface area contributed by atoms with Gasteiger partial charge >= 0.3 is 6.03 Å². The minimum absolute atomic E-state index is 0.00200. The second-order valence-electron chi connectivity index (χ2n) is 7.43. The highest BCUT2D eigenvalue weighted by molar-refractivity contribution is 5.76. The minimum atomic E-state index is -0.303. The van der Waals surface area contributed by atoms with Crippen molar-refractivity contribution in [1.29, 1.82) is 0 Å². The number of rotatable bonds is 8. The summed E-state index contributed by atoms with van der Waals surface area (Å²) >= 11 is 0. The van der Waals surface area contributed by atoms with Crippen LogP contribution in [0, 0.1) is 5.82 Å². The van der Waals surface area contributed by atoms with Gasteiger partial charge in [-0.05, 0) is 49.8 Å². The molecule has 7 nitrogen and oxygen atoms in total. The van der Waals surface area contributed by atoms with Crippen LogP contribution in [0.4, 0.5) is 26.6 Å². The first-order valence-electron chi connectivity index (χ1n) is 9.74. The number of carbonyl (C=O) groups excluding carboxylic acids is 1. The van der Waals surface area contributed by atoms with Crippen LogP contribution in [0.3, 0.4) is 0 Å². The lowest BCUT2D eigenvalue weighted by Crippen LogP contribution is -2.30. The number of nitrogens with one attached hydrogen (secondary N) is 3. The summed E-state index contributed by atoms with van der Waals surface area (Å²) in [5.74, 6) is 1.50. The zero-order valence-corrected chi connectivity index (χ0v) is 15.9. The summed E-state index contributed by atoms with van der Waals surface area (Å²) in [6, 6.07) is 6.49. The third-order valence-electron chi connectivity index (χ3n) is 5.28. The number of aromatic nitrogens is 2. The van der Waals surface area contributed by atoms with E-state index < -0.39 is 0 Å². The lowest BCUT2D eigenvalue weighted by atomic mass is 10.1. The number of hydrogen-bond donors (Lipinski definition) is 3. The van der Waals surface area contributed by atoms with Gasteiger partial charge in [0.2, 0.25) is 5.95 Å². The molecule has 8 heteroatoms. The van der Waals surface area contributed by atoms with Crippen LogP contribution in [0.1, 0.15) is 37.2 Å². The maximum Gasteiger partial charge on any atom is 0.317 e. The molecule has 1 saturated carbocycles.